The minimum atomic E-state index is -0.513. The van der Waals surface area contributed by atoms with Gasteiger partial charge in [-0.3, -0.25) is 0 Å². The predicted octanol–water partition coefficient (Wildman–Crippen LogP) is 2.09. The van der Waals surface area contributed by atoms with Gasteiger partial charge >= 0.3 is 0 Å². The van der Waals surface area contributed by atoms with Crippen molar-refractivity contribution in [3.63, 3.8) is 0 Å². The Hall–Kier alpha value is 0.310. The fourth-order valence-electron chi connectivity index (χ4n) is 1.56. The van der Waals surface area contributed by atoms with Crippen LogP contribution in [-0.2, 0) is 11.2 Å². The second-order valence-electron chi connectivity index (χ2n) is 2.93. The summed E-state index contributed by atoms with van der Waals surface area (Å²) in [7, 11) is 0. The lowest BCUT2D eigenvalue weighted by atomic mass is 10.0. The van der Waals surface area contributed by atoms with E-state index in [0.29, 0.717) is 5.25 Å². The number of hydrogen-bond donors (Lipinski definition) is 0. The van der Waals surface area contributed by atoms with Crippen molar-refractivity contribution >= 4 is 11.2 Å². The van der Waals surface area contributed by atoms with E-state index in [0.717, 1.165) is 5.75 Å². The molecule has 1 nitrogen and oxygen atoms in total. The fraction of sp³-hybridized carbons (Fsp3) is 1.00. The van der Waals surface area contributed by atoms with Crippen molar-refractivity contribution in [3.05, 3.63) is 0 Å². The SMILES string of the molecule is CC[S+]([O-])C1CCCCC1. The summed E-state index contributed by atoms with van der Waals surface area (Å²) in [6, 6.07) is 0. The summed E-state index contributed by atoms with van der Waals surface area (Å²) in [4.78, 5) is 0. The Morgan fingerprint density at radius 3 is 2.40 bits per heavy atom. The van der Waals surface area contributed by atoms with E-state index in [4.69, 9.17) is 0 Å². The molecule has 0 saturated heterocycles. The Morgan fingerprint density at radius 1 is 1.30 bits per heavy atom. The van der Waals surface area contributed by atoms with E-state index in [-0.39, 0.29) is 0 Å². The summed E-state index contributed by atoms with van der Waals surface area (Å²) in [6.45, 7) is 2.02. The Balaban J connectivity index is 2.24. The number of hydrogen-bond acceptors (Lipinski definition) is 1. The highest BCUT2D eigenvalue weighted by Gasteiger charge is 2.22. The van der Waals surface area contributed by atoms with Crippen molar-refractivity contribution in [1.82, 2.24) is 0 Å². The van der Waals surface area contributed by atoms with Gasteiger partial charge in [-0.2, -0.15) is 0 Å². The molecule has 0 heterocycles. The Kier molecular flexibility index (Phi) is 3.57. The van der Waals surface area contributed by atoms with Gasteiger partial charge in [0.1, 0.15) is 11.0 Å². The highest BCUT2D eigenvalue weighted by molar-refractivity contribution is 7.91. The molecule has 0 radical (unpaired) electrons. The second kappa shape index (κ2) is 4.24. The van der Waals surface area contributed by atoms with E-state index < -0.39 is 11.2 Å². The highest BCUT2D eigenvalue weighted by atomic mass is 32.2. The standard InChI is InChI=1S/C8H16OS/c1-2-10(9)8-6-4-3-5-7-8/h8H,2-7H2,1H3. The maximum atomic E-state index is 11.3. The molecule has 1 rings (SSSR count). The molecule has 1 aliphatic rings. The Morgan fingerprint density at radius 2 is 1.90 bits per heavy atom. The molecule has 2 heteroatoms. The third-order valence-corrected chi connectivity index (χ3v) is 3.99. The molecule has 1 saturated carbocycles. The van der Waals surface area contributed by atoms with Crippen LogP contribution in [0.4, 0.5) is 0 Å². The van der Waals surface area contributed by atoms with Crippen molar-refractivity contribution in [3.8, 4) is 0 Å². The van der Waals surface area contributed by atoms with Gasteiger partial charge in [0.25, 0.3) is 0 Å². The third-order valence-electron chi connectivity index (χ3n) is 2.21. The zero-order valence-electron chi connectivity index (χ0n) is 6.64. The molecule has 1 fully saturated rings. The second-order valence-corrected chi connectivity index (χ2v) is 4.93. The zero-order valence-corrected chi connectivity index (χ0v) is 7.45. The summed E-state index contributed by atoms with van der Waals surface area (Å²) in [5, 5.41) is 0.541. The molecule has 0 aromatic heterocycles. The Bertz CT molecular complexity index is 89.3. The van der Waals surface area contributed by atoms with Crippen LogP contribution in [0.1, 0.15) is 39.0 Å². The van der Waals surface area contributed by atoms with E-state index in [9.17, 15) is 4.55 Å². The van der Waals surface area contributed by atoms with Crippen LogP contribution in [0.25, 0.3) is 0 Å². The molecule has 0 spiro atoms. The van der Waals surface area contributed by atoms with E-state index >= 15 is 0 Å². The predicted molar refractivity (Wildman–Crippen MR) is 45.6 cm³/mol. The molecule has 0 aromatic rings. The Labute approximate surface area is 66.4 Å². The quantitative estimate of drug-likeness (QED) is 0.567. The molecular weight excluding hydrogens is 144 g/mol. The van der Waals surface area contributed by atoms with Crippen molar-refractivity contribution in [1.29, 1.82) is 0 Å². The summed E-state index contributed by atoms with van der Waals surface area (Å²) < 4.78 is 11.3. The summed E-state index contributed by atoms with van der Waals surface area (Å²) in [6.07, 6.45) is 6.38. The van der Waals surface area contributed by atoms with Crippen molar-refractivity contribution in [2.24, 2.45) is 0 Å². The van der Waals surface area contributed by atoms with Crippen molar-refractivity contribution < 1.29 is 4.55 Å². The van der Waals surface area contributed by atoms with Crippen molar-refractivity contribution in [2.75, 3.05) is 5.75 Å². The average molecular weight is 160 g/mol. The van der Waals surface area contributed by atoms with E-state index in [1.807, 2.05) is 6.92 Å². The molecule has 0 amide bonds. The lowest BCUT2D eigenvalue weighted by Crippen LogP contribution is -2.25. The summed E-state index contributed by atoms with van der Waals surface area (Å²) in [5.41, 5.74) is 0. The molecule has 60 valence electrons. The molecule has 0 aliphatic heterocycles. The van der Waals surface area contributed by atoms with Crippen LogP contribution in [0.3, 0.4) is 0 Å². The lowest BCUT2D eigenvalue weighted by Gasteiger charge is -2.23. The third kappa shape index (κ3) is 2.17. The number of rotatable bonds is 2. The lowest BCUT2D eigenvalue weighted by molar-refractivity contribution is 0.484. The van der Waals surface area contributed by atoms with Gasteiger partial charge in [-0.05, 0) is 32.6 Å². The van der Waals surface area contributed by atoms with Crippen LogP contribution < -0.4 is 0 Å². The summed E-state index contributed by atoms with van der Waals surface area (Å²) >= 11 is -0.513. The van der Waals surface area contributed by atoms with Gasteiger partial charge in [0.05, 0.1) is 0 Å². The van der Waals surface area contributed by atoms with Crippen LogP contribution in [0.15, 0.2) is 0 Å². The highest BCUT2D eigenvalue weighted by Crippen LogP contribution is 2.23. The normalized spacial score (nSPS) is 24.6. The van der Waals surface area contributed by atoms with Gasteiger partial charge in [-0.1, -0.05) is 17.6 Å². The topological polar surface area (TPSA) is 23.1 Å². The summed E-state index contributed by atoms with van der Waals surface area (Å²) in [5.74, 6) is 0.852. The minimum Gasteiger partial charge on any atom is -0.616 e. The average Bonchev–Trinajstić information content (AvgIpc) is 2.05. The van der Waals surface area contributed by atoms with Crippen LogP contribution in [-0.4, -0.2) is 15.6 Å². The van der Waals surface area contributed by atoms with Gasteiger partial charge in [-0.25, -0.2) is 0 Å². The van der Waals surface area contributed by atoms with Crippen LogP contribution in [0.2, 0.25) is 0 Å². The minimum absolute atomic E-state index is 0.513. The molecule has 10 heavy (non-hydrogen) atoms. The molecule has 1 aliphatic carbocycles. The largest absolute Gasteiger partial charge is 0.616 e. The maximum Gasteiger partial charge on any atom is 0.115 e. The van der Waals surface area contributed by atoms with Crippen LogP contribution in [0.5, 0.6) is 0 Å². The van der Waals surface area contributed by atoms with E-state index in [1.165, 1.54) is 32.1 Å². The van der Waals surface area contributed by atoms with Gasteiger partial charge in [0.2, 0.25) is 0 Å². The van der Waals surface area contributed by atoms with Gasteiger partial charge in [-0.15, -0.1) is 0 Å². The van der Waals surface area contributed by atoms with Crippen LogP contribution >= 0.6 is 0 Å². The van der Waals surface area contributed by atoms with Gasteiger partial charge < -0.3 is 4.55 Å². The molecule has 0 aromatic carbocycles. The first-order valence-electron chi connectivity index (χ1n) is 4.21. The molecule has 1 unspecified atom stereocenters. The molecule has 1 atom stereocenters. The first-order valence-corrected chi connectivity index (χ1v) is 5.60. The molecular formula is C8H16OS. The van der Waals surface area contributed by atoms with E-state index in [1.54, 1.807) is 0 Å². The maximum absolute atomic E-state index is 11.3. The zero-order chi connectivity index (χ0) is 7.40. The smallest absolute Gasteiger partial charge is 0.115 e. The first-order chi connectivity index (χ1) is 4.84. The monoisotopic (exact) mass is 160 g/mol. The van der Waals surface area contributed by atoms with Gasteiger partial charge in [0.15, 0.2) is 0 Å². The van der Waals surface area contributed by atoms with Crippen LogP contribution in [0, 0.1) is 0 Å². The molecule has 0 bridgehead atoms. The van der Waals surface area contributed by atoms with Crippen molar-refractivity contribution in [2.45, 2.75) is 44.3 Å². The van der Waals surface area contributed by atoms with E-state index in [2.05, 4.69) is 0 Å². The molecule has 0 N–H and O–H groups in total. The first kappa shape index (κ1) is 8.41. The van der Waals surface area contributed by atoms with Gasteiger partial charge in [0, 0.05) is 0 Å². The fourth-order valence-corrected chi connectivity index (χ4v) is 2.89.